The third-order valence-corrected chi connectivity index (χ3v) is 9.16. The lowest BCUT2D eigenvalue weighted by molar-refractivity contribution is -0.140. The van der Waals surface area contributed by atoms with E-state index in [9.17, 15) is 22.4 Å². The molecule has 1 N–H and O–H groups in total. The van der Waals surface area contributed by atoms with E-state index < -0.39 is 34.3 Å². The second-order valence-corrected chi connectivity index (χ2v) is 12.1. The van der Waals surface area contributed by atoms with E-state index in [-0.39, 0.29) is 34.1 Å². The molecule has 0 saturated heterocycles. The number of carbonyl (C=O) groups excluding carboxylic acids is 2. The molecular formula is C30H33ClFN3O4S. The van der Waals surface area contributed by atoms with Crippen LogP contribution >= 0.6 is 11.6 Å². The number of sulfonamides is 1. The Balaban J connectivity index is 1.71. The van der Waals surface area contributed by atoms with Gasteiger partial charge in [0.25, 0.3) is 10.0 Å². The minimum Gasteiger partial charge on any atom is -0.352 e. The van der Waals surface area contributed by atoms with Gasteiger partial charge in [0, 0.05) is 12.6 Å². The molecule has 0 bridgehead atoms. The van der Waals surface area contributed by atoms with Gasteiger partial charge >= 0.3 is 0 Å². The number of carbonyl (C=O) groups is 2. The first-order chi connectivity index (χ1) is 19.2. The average molecular weight is 586 g/mol. The van der Waals surface area contributed by atoms with Crippen LogP contribution in [0.15, 0.2) is 83.8 Å². The lowest BCUT2D eigenvalue weighted by atomic mass is 10.1. The fourth-order valence-electron chi connectivity index (χ4n) is 4.96. The van der Waals surface area contributed by atoms with Crippen molar-refractivity contribution in [3.8, 4) is 0 Å². The highest BCUT2D eigenvalue weighted by Gasteiger charge is 2.34. The first-order valence-corrected chi connectivity index (χ1v) is 15.2. The Bertz CT molecular complexity index is 1420. The quantitative estimate of drug-likeness (QED) is 0.320. The van der Waals surface area contributed by atoms with Gasteiger partial charge in [-0.15, -0.1) is 0 Å². The van der Waals surface area contributed by atoms with Crippen molar-refractivity contribution in [2.24, 2.45) is 0 Å². The van der Waals surface area contributed by atoms with Gasteiger partial charge in [0.1, 0.15) is 18.4 Å². The molecule has 0 unspecified atom stereocenters. The molecule has 1 aliphatic rings. The van der Waals surface area contributed by atoms with Crippen LogP contribution in [0.5, 0.6) is 0 Å². The molecule has 3 aromatic rings. The number of benzene rings is 3. The van der Waals surface area contributed by atoms with Crippen molar-refractivity contribution < 1.29 is 22.4 Å². The molecule has 0 aliphatic heterocycles. The van der Waals surface area contributed by atoms with Gasteiger partial charge in [-0.1, -0.05) is 79.9 Å². The van der Waals surface area contributed by atoms with Gasteiger partial charge in [-0.05, 0) is 55.2 Å². The molecule has 0 heterocycles. The summed E-state index contributed by atoms with van der Waals surface area (Å²) in [6.07, 6.45) is 4.21. The number of halogens is 2. The fraction of sp³-hybridized carbons (Fsp3) is 0.333. The number of hydrogen-bond donors (Lipinski definition) is 1. The molecule has 0 spiro atoms. The molecule has 1 aliphatic carbocycles. The van der Waals surface area contributed by atoms with Crippen molar-refractivity contribution >= 4 is 39.1 Å². The minimum atomic E-state index is -4.25. The van der Waals surface area contributed by atoms with Crippen LogP contribution in [0.4, 0.5) is 10.1 Å². The summed E-state index contributed by atoms with van der Waals surface area (Å²) in [6.45, 7) is 1.32. The van der Waals surface area contributed by atoms with E-state index in [2.05, 4.69) is 5.32 Å². The van der Waals surface area contributed by atoms with E-state index >= 15 is 0 Å². The number of rotatable bonds is 11. The lowest BCUT2D eigenvalue weighted by Crippen LogP contribution is -2.53. The topological polar surface area (TPSA) is 86.8 Å². The molecule has 1 saturated carbocycles. The lowest BCUT2D eigenvalue weighted by Gasteiger charge is -2.33. The predicted octanol–water partition coefficient (Wildman–Crippen LogP) is 5.54. The standard InChI is InChI=1S/C30H33ClFN3O4S/c1-2-28(30(37)33-23-13-9-10-14-23)34(20-22-11-5-3-6-12-22)29(36)21-35(24-17-18-27(32)26(31)19-24)40(38,39)25-15-7-4-8-16-25/h3-8,11-12,15-19,23,28H,2,9-10,13-14,20-21H2,1H3,(H,33,37)/t28-/m1/s1. The molecule has 0 radical (unpaired) electrons. The van der Waals surface area contributed by atoms with Gasteiger partial charge in [0.2, 0.25) is 11.8 Å². The Morgan fingerprint density at radius 2 is 1.62 bits per heavy atom. The predicted molar refractivity (Wildman–Crippen MR) is 154 cm³/mol. The molecule has 212 valence electrons. The van der Waals surface area contributed by atoms with Gasteiger partial charge in [-0.3, -0.25) is 13.9 Å². The van der Waals surface area contributed by atoms with Gasteiger partial charge in [-0.2, -0.15) is 0 Å². The maximum absolute atomic E-state index is 14.0. The molecule has 4 rings (SSSR count). The molecule has 40 heavy (non-hydrogen) atoms. The van der Waals surface area contributed by atoms with E-state index in [1.807, 2.05) is 37.3 Å². The SMILES string of the molecule is CC[C@H](C(=O)NC1CCCC1)N(Cc1ccccc1)C(=O)CN(c1ccc(F)c(Cl)c1)S(=O)(=O)c1ccccc1. The van der Waals surface area contributed by atoms with E-state index in [0.29, 0.717) is 6.42 Å². The summed E-state index contributed by atoms with van der Waals surface area (Å²) < 4.78 is 42.5. The zero-order valence-corrected chi connectivity index (χ0v) is 23.9. The Morgan fingerprint density at radius 1 is 1.00 bits per heavy atom. The maximum atomic E-state index is 14.0. The minimum absolute atomic E-state index is 0.0340. The number of amides is 2. The van der Waals surface area contributed by atoms with Crippen molar-refractivity contribution in [1.82, 2.24) is 10.2 Å². The van der Waals surface area contributed by atoms with E-state index in [0.717, 1.165) is 41.6 Å². The molecule has 1 fully saturated rings. The first kappa shape index (κ1) is 29.6. The Kier molecular flexibility index (Phi) is 9.81. The third kappa shape index (κ3) is 7.01. The molecule has 0 aromatic heterocycles. The molecule has 3 aromatic carbocycles. The number of anilines is 1. The summed E-state index contributed by atoms with van der Waals surface area (Å²) in [4.78, 5) is 28.9. The highest BCUT2D eigenvalue weighted by molar-refractivity contribution is 7.92. The van der Waals surface area contributed by atoms with Crippen LogP contribution in [-0.4, -0.2) is 43.8 Å². The van der Waals surface area contributed by atoms with Crippen molar-refractivity contribution in [2.45, 2.75) is 62.6 Å². The average Bonchev–Trinajstić information content (AvgIpc) is 3.47. The Hall–Kier alpha value is -3.43. The highest BCUT2D eigenvalue weighted by Crippen LogP contribution is 2.28. The van der Waals surface area contributed by atoms with Gasteiger partial charge in [-0.25, -0.2) is 12.8 Å². The summed E-state index contributed by atoms with van der Waals surface area (Å²) in [6, 6.07) is 19.6. The summed E-state index contributed by atoms with van der Waals surface area (Å²) >= 11 is 6.01. The zero-order valence-electron chi connectivity index (χ0n) is 22.3. The van der Waals surface area contributed by atoms with Gasteiger partial charge in [0.05, 0.1) is 15.6 Å². The molecule has 10 heteroatoms. The van der Waals surface area contributed by atoms with Crippen LogP contribution in [0.1, 0.15) is 44.6 Å². The van der Waals surface area contributed by atoms with Gasteiger partial charge in [0.15, 0.2) is 0 Å². The second kappa shape index (κ2) is 13.3. The van der Waals surface area contributed by atoms with Crippen LogP contribution in [-0.2, 0) is 26.2 Å². The molecule has 7 nitrogen and oxygen atoms in total. The van der Waals surface area contributed by atoms with Crippen LogP contribution in [0, 0.1) is 5.82 Å². The van der Waals surface area contributed by atoms with Crippen LogP contribution in [0.3, 0.4) is 0 Å². The number of nitrogens with zero attached hydrogens (tertiary/aromatic N) is 2. The van der Waals surface area contributed by atoms with Gasteiger partial charge < -0.3 is 10.2 Å². The fourth-order valence-corrected chi connectivity index (χ4v) is 6.56. The molecular weight excluding hydrogens is 553 g/mol. The number of nitrogens with one attached hydrogen (secondary N) is 1. The summed E-state index contributed by atoms with van der Waals surface area (Å²) in [5, 5.41) is 2.81. The largest absolute Gasteiger partial charge is 0.352 e. The highest BCUT2D eigenvalue weighted by atomic mass is 35.5. The normalized spacial score (nSPS) is 14.5. The van der Waals surface area contributed by atoms with Crippen molar-refractivity contribution in [3.05, 3.63) is 95.3 Å². The summed E-state index contributed by atoms with van der Waals surface area (Å²) in [7, 11) is -4.25. The van der Waals surface area contributed by atoms with Crippen LogP contribution in [0.2, 0.25) is 5.02 Å². The van der Waals surface area contributed by atoms with Crippen molar-refractivity contribution in [1.29, 1.82) is 0 Å². The van der Waals surface area contributed by atoms with E-state index in [4.69, 9.17) is 11.6 Å². The molecule has 2 amide bonds. The Morgan fingerprint density at radius 3 is 2.23 bits per heavy atom. The zero-order chi connectivity index (χ0) is 28.7. The second-order valence-electron chi connectivity index (χ2n) is 9.84. The molecule has 1 atom stereocenters. The van der Waals surface area contributed by atoms with Crippen LogP contribution in [0.25, 0.3) is 0 Å². The van der Waals surface area contributed by atoms with Crippen molar-refractivity contribution in [2.75, 3.05) is 10.8 Å². The van der Waals surface area contributed by atoms with Crippen LogP contribution < -0.4 is 9.62 Å². The summed E-state index contributed by atoms with van der Waals surface area (Å²) in [5.74, 6) is -1.55. The van der Waals surface area contributed by atoms with E-state index in [1.54, 1.807) is 18.2 Å². The van der Waals surface area contributed by atoms with Crippen molar-refractivity contribution in [3.63, 3.8) is 0 Å². The van der Waals surface area contributed by atoms with E-state index in [1.165, 1.54) is 29.2 Å². The first-order valence-electron chi connectivity index (χ1n) is 13.4. The monoisotopic (exact) mass is 585 g/mol. The smallest absolute Gasteiger partial charge is 0.264 e. The number of hydrogen-bond acceptors (Lipinski definition) is 4. The Labute approximate surface area is 240 Å². The summed E-state index contributed by atoms with van der Waals surface area (Å²) in [5.41, 5.74) is 0.831. The maximum Gasteiger partial charge on any atom is 0.264 e. The third-order valence-electron chi connectivity index (χ3n) is 7.08.